The molecule has 0 amide bonds. The first kappa shape index (κ1) is 20.2. The molecule has 21 heavy (non-hydrogen) atoms. The van der Waals surface area contributed by atoms with Gasteiger partial charge in [0.05, 0.1) is 10.2 Å². The smallest absolute Gasteiger partial charge is 0.183 e. The molecule has 0 bridgehead atoms. The number of hydrogen-bond acceptors (Lipinski definition) is 5. The molecular formula is C14H23Cl2N3OS. The van der Waals surface area contributed by atoms with Gasteiger partial charge in [-0.1, -0.05) is 25.2 Å². The minimum atomic E-state index is 0. The SMILES string of the molecule is CCN(CC)CCCNc1nc2ccc(O)cc2s1.Cl.Cl. The average molecular weight is 352 g/mol. The fourth-order valence-electron chi connectivity index (χ4n) is 2.03. The molecule has 2 N–H and O–H groups in total. The maximum absolute atomic E-state index is 9.42. The Labute approximate surface area is 142 Å². The molecule has 1 aromatic heterocycles. The summed E-state index contributed by atoms with van der Waals surface area (Å²) in [5, 5.41) is 13.7. The van der Waals surface area contributed by atoms with Crippen LogP contribution in [0, 0.1) is 0 Å². The molecule has 0 spiro atoms. The van der Waals surface area contributed by atoms with E-state index in [1.165, 1.54) is 0 Å². The zero-order chi connectivity index (χ0) is 13.7. The van der Waals surface area contributed by atoms with Crippen LogP contribution in [0.4, 0.5) is 5.13 Å². The average Bonchev–Trinajstić information content (AvgIpc) is 2.80. The first-order valence-electron chi connectivity index (χ1n) is 6.78. The third-order valence-corrected chi connectivity index (χ3v) is 4.17. The molecule has 0 fully saturated rings. The predicted molar refractivity (Wildman–Crippen MR) is 96.7 cm³/mol. The third kappa shape index (κ3) is 5.87. The van der Waals surface area contributed by atoms with Gasteiger partial charge in [-0.2, -0.15) is 0 Å². The number of aromatic hydroxyl groups is 1. The minimum absolute atomic E-state index is 0. The van der Waals surface area contributed by atoms with E-state index in [2.05, 4.69) is 29.0 Å². The number of benzene rings is 1. The zero-order valence-electron chi connectivity index (χ0n) is 12.3. The lowest BCUT2D eigenvalue weighted by atomic mass is 10.3. The van der Waals surface area contributed by atoms with Gasteiger partial charge in [-0.3, -0.25) is 0 Å². The summed E-state index contributed by atoms with van der Waals surface area (Å²) >= 11 is 1.59. The maximum atomic E-state index is 9.42. The van der Waals surface area contributed by atoms with Crippen molar-refractivity contribution in [1.82, 2.24) is 9.88 Å². The van der Waals surface area contributed by atoms with E-state index in [0.717, 1.165) is 47.9 Å². The lowest BCUT2D eigenvalue weighted by molar-refractivity contribution is 0.303. The first-order chi connectivity index (χ1) is 9.22. The van der Waals surface area contributed by atoms with Crippen molar-refractivity contribution in [3.63, 3.8) is 0 Å². The molecule has 2 aromatic rings. The standard InChI is InChI=1S/C14H21N3OS.2ClH/c1-3-17(4-2)9-5-8-15-14-16-12-7-6-11(18)10-13(12)19-14;;/h6-7,10,18H,3-5,8-9H2,1-2H3,(H,15,16);2*1H. The summed E-state index contributed by atoms with van der Waals surface area (Å²) in [5.41, 5.74) is 0.939. The quantitative estimate of drug-likeness (QED) is 0.740. The van der Waals surface area contributed by atoms with Crippen LogP contribution in [0.15, 0.2) is 18.2 Å². The Morgan fingerprint density at radius 1 is 1.24 bits per heavy atom. The van der Waals surface area contributed by atoms with Crippen molar-refractivity contribution in [3.05, 3.63) is 18.2 Å². The molecule has 120 valence electrons. The van der Waals surface area contributed by atoms with E-state index in [1.807, 2.05) is 6.07 Å². The summed E-state index contributed by atoms with van der Waals surface area (Å²) < 4.78 is 1.02. The Morgan fingerprint density at radius 3 is 2.62 bits per heavy atom. The Balaban J connectivity index is 0.00000200. The summed E-state index contributed by atoms with van der Waals surface area (Å²) in [6.07, 6.45) is 1.11. The maximum Gasteiger partial charge on any atom is 0.183 e. The van der Waals surface area contributed by atoms with Gasteiger partial charge in [-0.05, 0) is 44.3 Å². The Kier molecular flexibility index (Phi) is 9.70. The molecule has 4 nitrogen and oxygen atoms in total. The lowest BCUT2D eigenvalue weighted by Gasteiger charge is -2.17. The summed E-state index contributed by atoms with van der Waals surface area (Å²) in [6, 6.07) is 5.28. The van der Waals surface area contributed by atoms with Crippen LogP contribution in [0.25, 0.3) is 10.2 Å². The molecular weight excluding hydrogens is 329 g/mol. The second-order valence-corrected chi connectivity index (χ2v) is 5.51. The number of aromatic nitrogens is 1. The van der Waals surface area contributed by atoms with Crippen LogP contribution in [0.3, 0.4) is 0 Å². The van der Waals surface area contributed by atoms with Crippen LogP contribution in [0.5, 0.6) is 5.75 Å². The van der Waals surface area contributed by atoms with Crippen LogP contribution < -0.4 is 5.32 Å². The van der Waals surface area contributed by atoms with Gasteiger partial charge in [0, 0.05) is 6.54 Å². The molecule has 0 radical (unpaired) electrons. The first-order valence-corrected chi connectivity index (χ1v) is 7.60. The van der Waals surface area contributed by atoms with Crippen LogP contribution in [0.2, 0.25) is 0 Å². The van der Waals surface area contributed by atoms with E-state index < -0.39 is 0 Å². The molecule has 0 atom stereocenters. The van der Waals surface area contributed by atoms with E-state index in [9.17, 15) is 5.11 Å². The molecule has 0 saturated heterocycles. The number of nitrogens with zero attached hydrogens (tertiary/aromatic N) is 2. The van der Waals surface area contributed by atoms with E-state index >= 15 is 0 Å². The van der Waals surface area contributed by atoms with Crippen LogP contribution >= 0.6 is 36.2 Å². The second-order valence-electron chi connectivity index (χ2n) is 4.48. The van der Waals surface area contributed by atoms with Crippen molar-refractivity contribution >= 4 is 51.5 Å². The molecule has 1 aromatic carbocycles. The summed E-state index contributed by atoms with van der Waals surface area (Å²) in [7, 11) is 0. The van der Waals surface area contributed by atoms with Crippen molar-refractivity contribution in [2.45, 2.75) is 20.3 Å². The van der Waals surface area contributed by atoms with Crippen molar-refractivity contribution in [2.75, 3.05) is 31.5 Å². The number of fused-ring (bicyclic) bond motifs is 1. The van der Waals surface area contributed by atoms with Gasteiger partial charge in [0.1, 0.15) is 5.75 Å². The van der Waals surface area contributed by atoms with Gasteiger partial charge >= 0.3 is 0 Å². The highest BCUT2D eigenvalue weighted by atomic mass is 35.5. The van der Waals surface area contributed by atoms with Crippen molar-refractivity contribution < 1.29 is 5.11 Å². The van der Waals surface area contributed by atoms with Crippen LogP contribution in [-0.2, 0) is 0 Å². The molecule has 0 unspecified atom stereocenters. The van der Waals surface area contributed by atoms with Crippen LogP contribution in [0.1, 0.15) is 20.3 Å². The number of halogens is 2. The zero-order valence-corrected chi connectivity index (χ0v) is 14.8. The number of nitrogens with one attached hydrogen (secondary N) is 1. The highest BCUT2D eigenvalue weighted by Gasteiger charge is 2.04. The summed E-state index contributed by atoms with van der Waals surface area (Å²) in [6.45, 7) is 8.65. The van der Waals surface area contributed by atoms with E-state index in [-0.39, 0.29) is 24.8 Å². The van der Waals surface area contributed by atoms with E-state index in [1.54, 1.807) is 23.5 Å². The van der Waals surface area contributed by atoms with E-state index in [0.29, 0.717) is 5.75 Å². The van der Waals surface area contributed by atoms with Gasteiger partial charge < -0.3 is 15.3 Å². The molecule has 2 rings (SSSR count). The number of phenolic OH excluding ortho intramolecular Hbond substituents is 1. The number of hydrogen-bond donors (Lipinski definition) is 2. The number of anilines is 1. The van der Waals surface area contributed by atoms with Gasteiger partial charge in [-0.15, -0.1) is 24.8 Å². The largest absolute Gasteiger partial charge is 0.508 e. The fourth-order valence-corrected chi connectivity index (χ4v) is 2.95. The number of phenols is 1. The molecule has 0 aliphatic heterocycles. The summed E-state index contributed by atoms with van der Waals surface area (Å²) in [5.74, 6) is 0.296. The minimum Gasteiger partial charge on any atom is -0.508 e. The van der Waals surface area contributed by atoms with Gasteiger partial charge in [0.2, 0.25) is 0 Å². The Bertz CT molecular complexity index is 532. The molecule has 0 aliphatic rings. The topological polar surface area (TPSA) is 48.4 Å². The third-order valence-electron chi connectivity index (χ3n) is 3.19. The number of thiazole rings is 1. The molecule has 0 saturated carbocycles. The fraction of sp³-hybridized carbons (Fsp3) is 0.500. The lowest BCUT2D eigenvalue weighted by Crippen LogP contribution is -2.25. The monoisotopic (exact) mass is 351 g/mol. The van der Waals surface area contributed by atoms with E-state index in [4.69, 9.17) is 0 Å². The van der Waals surface area contributed by atoms with Gasteiger partial charge in [0.15, 0.2) is 5.13 Å². The van der Waals surface area contributed by atoms with Crippen molar-refractivity contribution in [3.8, 4) is 5.75 Å². The van der Waals surface area contributed by atoms with Crippen molar-refractivity contribution in [1.29, 1.82) is 0 Å². The number of rotatable bonds is 7. The van der Waals surface area contributed by atoms with Crippen molar-refractivity contribution in [2.24, 2.45) is 0 Å². The Hall–Kier alpha value is -0.750. The Morgan fingerprint density at radius 2 is 1.95 bits per heavy atom. The second kappa shape index (κ2) is 10.1. The predicted octanol–water partition coefficient (Wildman–Crippen LogP) is 3.99. The highest BCUT2D eigenvalue weighted by molar-refractivity contribution is 7.22. The molecule has 1 heterocycles. The van der Waals surface area contributed by atoms with Gasteiger partial charge in [-0.25, -0.2) is 4.98 Å². The molecule has 0 aliphatic carbocycles. The van der Waals surface area contributed by atoms with Gasteiger partial charge in [0.25, 0.3) is 0 Å². The normalized spacial score (nSPS) is 10.2. The highest BCUT2D eigenvalue weighted by Crippen LogP contribution is 2.28. The molecule has 7 heteroatoms. The van der Waals surface area contributed by atoms with Crippen LogP contribution in [-0.4, -0.2) is 41.2 Å². The summed E-state index contributed by atoms with van der Waals surface area (Å²) in [4.78, 5) is 6.91.